The van der Waals surface area contributed by atoms with E-state index in [1.165, 1.54) is 0 Å². The highest BCUT2D eigenvalue weighted by atomic mass is 32.2. The largest absolute Gasteiger partial charge is 0.464 e. The third kappa shape index (κ3) is 10.0. The van der Waals surface area contributed by atoms with Crippen molar-refractivity contribution in [1.29, 1.82) is 0 Å². The van der Waals surface area contributed by atoms with E-state index in [9.17, 15) is 9.59 Å². The van der Waals surface area contributed by atoms with Crippen molar-refractivity contribution in [3.05, 3.63) is 12.7 Å². The van der Waals surface area contributed by atoms with Crippen LogP contribution in [0.15, 0.2) is 12.7 Å². The van der Waals surface area contributed by atoms with E-state index in [-0.39, 0.29) is 6.61 Å². The molecule has 0 aromatic heterocycles. The number of allylic oxidation sites excluding steroid dienone is 1. The third-order valence-electron chi connectivity index (χ3n) is 3.07. The van der Waals surface area contributed by atoms with Gasteiger partial charge < -0.3 is 14.8 Å². The Labute approximate surface area is 151 Å². The molecule has 0 aromatic carbocycles. The van der Waals surface area contributed by atoms with Crippen LogP contribution < -0.4 is 5.32 Å². The van der Waals surface area contributed by atoms with Gasteiger partial charge in [-0.25, -0.2) is 9.59 Å². The van der Waals surface area contributed by atoms with Gasteiger partial charge in [0, 0.05) is 10.6 Å². The molecule has 7 heteroatoms. The molecule has 140 valence electrons. The second-order valence-electron chi connectivity index (χ2n) is 7.66. The first-order valence-electron chi connectivity index (χ1n) is 8.29. The summed E-state index contributed by atoms with van der Waals surface area (Å²) < 4.78 is 10.3. The standard InChI is InChI=1S/C17H33NO4SSi/c1-9-11-14(24(6,7)8)23-12-13(15(19)21-10-2)18-16(20)22-17(3,4)5/h9,13-14H,1,10-12H2,2-8H3,(H,18,20)/t13-,14?/m0/s1. The second kappa shape index (κ2) is 10.1. The molecule has 1 amide bonds. The number of ether oxygens (including phenoxy) is 2. The van der Waals surface area contributed by atoms with Crippen LogP contribution in [0.2, 0.25) is 19.6 Å². The summed E-state index contributed by atoms with van der Waals surface area (Å²) in [6.07, 6.45) is 2.20. The maximum Gasteiger partial charge on any atom is 0.408 e. The first-order chi connectivity index (χ1) is 10.9. The van der Waals surface area contributed by atoms with Crippen molar-refractivity contribution in [1.82, 2.24) is 5.32 Å². The average molecular weight is 376 g/mol. The zero-order valence-corrected chi connectivity index (χ0v) is 17.9. The minimum absolute atomic E-state index is 0.278. The maximum absolute atomic E-state index is 12.1. The van der Waals surface area contributed by atoms with Crippen molar-refractivity contribution < 1.29 is 19.1 Å². The van der Waals surface area contributed by atoms with Crippen molar-refractivity contribution in [3.8, 4) is 0 Å². The molecule has 2 atom stereocenters. The van der Waals surface area contributed by atoms with Crippen molar-refractivity contribution in [2.45, 2.75) is 70.3 Å². The van der Waals surface area contributed by atoms with E-state index >= 15 is 0 Å². The summed E-state index contributed by atoms with van der Waals surface area (Å²) >= 11 is 1.69. The lowest BCUT2D eigenvalue weighted by Gasteiger charge is -2.29. The SMILES string of the molecule is C=CCC(SC[C@H](NC(=O)OC(C)(C)C)C(=O)OCC)[Si](C)(C)C. The Morgan fingerprint density at radius 3 is 2.29 bits per heavy atom. The van der Waals surface area contributed by atoms with Gasteiger partial charge in [-0.05, 0) is 34.1 Å². The molecule has 0 aliphatic rings. The minimum atomic E-state index is -1.41. The van der Waals surface area contributed by atoms with Gasteiger partial charge >= 0.3 is 12.1 Å². The molecular weight excluding hydrogens is 342 g/mol. The molecule has 0 rings (SSSR count). The summed E-state index contributed by atoms with van der Waals surface area (Å²) in [7, 11) is -1.41. The second-order valence-corrected chi connectivity index (χ2v) is 14.7. The molecule has 0 heterocycles. The van der Waals surface area contributed by atoms with Crippen LogP contribution in [0.1, 0.15) is 34.1 Å². The highest BCUT2D eigenvalue weighted by Gasteiger charge is 2.30. The summed E-state index contributed by atoms with van der Waals surface area (Å²) in [5.41, 5.74) is -0.611. The molecule has 0 bridgehead atoms. The summed E-state index contributed by atoms with van der Waals surface area (Å²) in [5.74, 6) is 0.0321. The normalized spacial score (nSPS) is 14.5. The molecule has 0 radical (unpaired) electrons. The number of amides is 1. The maximum atomic E-state index is 12.1. The Morgan fingerprint density at radius 2 is 1.88 bits per heavy atom. The molecule has 0 aliphatic heterocycles. The van der Waals surface area contributed by atoms with Crippen LogP contribution in [-0.2, 0) is 14.3 Å². The quantitative estimate of drug-likeness (QED) is 0.375. The van der Waals surface area contributed by atoms with Crippen molar-refractivity contribution >= 4 is 31.9 Å². The predicted octanol–water partition coefficient (Wildman–Crippen LogP) is 4.00. The highest BCUT2D eigenvalue weighted by Crippen LogP contribution is 2.26. The van der Waals surface area contributed by atoms with E-state index in [1.807, 2.05) is 6.08 Å². The van der Waals surface area contributed by atoms with Crippen LogP contribution in [0.25, 0.3) is 0 Å². The van der Waals surface area contributed by atoms with Crippen LogP contribution in [0.3, 0.4) is 0 Å². The van der Waals surface area contributed by atoms with Gasteiger partial charge in [-0.1, -0.05) is 25.7 Å². The number of alkyl carbamates (subject to hydrolysis) is 1. The summed E-state index contributed by atoms with van der Waals surface area (Å²) in [5, 5.41) is 2.64. The monoisotopic (exact) mass is 375 g/mol. The van der Waals surface area contributed by atoms with Crippen molar-refractivity contribution in [2.75, 3.05) is 12.4 Å². The third-order valence-corrected chi connectivity index (χ3v) is 8.98. The van der Waals surface area contributed by atoms with Gasteiger partial charge in [-0.2, -0.15) is 11.8 Å². The van der Waals surface area contributed by atoms with Crippen LogP contribution in [0.4, 0.5) is 4.79 Å². The van der Waals surface area contributed by atoms with Crippen LogP contribution >= 0.6 is 11.8 Å². The molecule has 0 spiro atoms. The van der Waals surface area contributed by atoms with Gasteiger partial charge in [0.15, 0.2) is 0 Å². The van der Waals surface area contributed by atoms with Gasteiger partial charge in [0.25, 0.3) is 0 Å². The molecule has 0 aromatic rings. The Morgan fingerprint density at radius 1 is 1.29 bits per heavy atom. The molecule has 1 N–H and O–H groups in total. The summed E-state index contributed by atoms with van der Waals surface area (Å²) in [4.78, 5) is 24.6. The number of thioether (sulfide) groups is 1. The molecular formula is C17H33NO4SSi. The minimum Gasteiger partial charge on any atom is -0.464 e. The first kappa shape index (κ1) is 23.0. The molecule has 0 saturated heterocycles. The Bertz CT molecular complexity index is 429. The summed E-state index contributed by atoms with van der Waals surface area (Å²) in [6, 6.07) is -0.714. The highest BCUT2D eigenvalue weighted by molar-refractivity contribution is 8.01. The van der Waals surface area contributed by atoms with Gasteiger partial charge in [0.2, 0.25) is 0 Å². The molecule has 5 nitrogen and oxygen atoms in total. The van der Waals surface area contributed by atoms with Gasteiger partial charge in [-0.3, -0.25) is 0 Å². The van der Waals surface area contributed by atoms with Crippen molar-refractivity contribution in [2.24, 2.45) is 0 Å². The fraction of sp³-hybridized carbons (Fsp3) is 0.765. The number of hydrogen-bond donors (Lipinski definition) is 1. The summed E-state index contributed by atoms with van der Waals surface area (Å²) in [6.45, 7) is 18.1. The van der Waals surface area contributed by atoms with Crippen LogP contribution in [0, 0.1) is 0 Å². The predicted molar refractivity (Wildman–Crippen MR) is 104 cm³/mol. The van der Waals surface area contributed by atoms with E-state index in [0.717, 1.165) is 6.42 Å². The van der Waals surface area contributed by atoms with E-state index in [2.05, 4.69) is 31.5 Å². The lowest BCUT2D eigenvalue weighted by atomic mass is 10.2. The lowest BCUT2D eigenvalue weighted by Crippen LogP contribution is -2.47. The van der Waals surface area contributed by atoms with Gasteiger partial charge in [0.1, 0.15) is 11.6 Å². The van der Waals surface area contributed by atoms with Crippen LogP contribution in [-0.4, -0.2) is 49.0 Å². The Balaban J connectivity index is 4.92. The van der Waals surface area contributed by atoms with E-state index < -0.39 is 31.8 Å². The topological polar surface area (TPSA) is 64.6 Å². The Kier molecular flexibility index (Phi) is 9.73. The van der Waals surface area contributed by atoms with E-state index in [1.54, 1.807) is 39.5 Å². The smallest absolute Gasteiger partial charge is 0.408 e. The number of carbonyl (C=O) groups is 2. The average Bonchev–Trinajstić information content (AvgIpc) is 2.38. The zero-order valence-electron chi connectivity index (χ0n) is 16.1. The zero-order chi connectivity index (χ0) is 19.0. The Hall–Kier alpha value is -0.953. The van der Waals surface area contributed by atoms with Crippen LogP contribution in [0.5, 0.6) is 0 Å². The molecule has 0 aliphatic carbocycles. The number of esters is 1. The number of carbonyl (C=O) groups excluding carboxylic acids is 2. The number of nitrogens with one attached hydrogen (secondary N) is 1. The van der Waals surface area contributed by atoms with E-state index in [0.29, 0.717) is 10.6 Å². The van der Waals surface area contributed by atoms with Gasteiger partial charge in [-0.15, -0.1) is 6.58 Å². The number of hydrogen-bond acceptors (Lipinski definition) is 5. The molecule has 0 fully saturated rings. The first-order valence-corrected chi connectivity index (χ1v) is 12.9. The molecule has 24 heavy (non-hydrogen) atoms. The van der Waals surface area contributed by atoms with Crippen molar-refractivity contribution in [3.63, 3.8) is 0 Å². The number of rotatable bonds is 9. The fourth-order valence-electron chi connectivity index (χ4n) is 1.90. The lowest BCUT2D eigenvalue weighted by molar-refractivity contribution is -0.145. The van der Waals surface area contributed by atoms with E-state index in [4.69, 9.17) is 9.47 Å². The van der Waals surface area contributed by atoms with Gasteiger partial charge in [0.05, 0.1) is 14.7 Å². The molecule has 1 unspecified atom stereocenters. The molecule has 0 saturated carbocycles. The fourth-order valence-corrected chi connectivity index (χ4v) is 5.98.